The van der Waals surface area contributed by atoms with Crippen molar-refractivity contribution in [3.05, 3.63) is 18.2 Å². The van der Waals surface area contributed by atoms with E-state index in [9.17, 15) is 0 Å². The molecule has 2 unspecified atom stereocenters. The van der Waals surface area contributed by atoms with Crippen LogP contribution >= 0.6 is 0 Å². The van der Waals surface area contributed by atoms with Gasteiger partial charge in [0.15, 0.2) is 11.5 Å². The number of hydrogen-bond donors (Lipinski definition) is 1. The van der Waals surface area contributed by atoms with Crippen LogP contribution in [0.4, 0.5) is 5.69 Å². The molecule has 4 heteroatoms. The molecule has 1 aromatic carbocycles. The van der Waals surface area contributed by atoms with Gasteiger partial charge in [-0.3, -0.25) is 0 Å². The van der Waals surface area contributed by atoms with Gasteiger partial charge in [-0.1, -0.05) is 6.92 Å². The quantitative estimate of drug-likeness (QED) is 0.917. The highest BCUT2D eigenvalue weighted by Crippen LogP contribution is 2.36. The third-order valence-corrected chi connectivity index (χ3v) is 4.22. The summed E-state index contributed by atoms with van der Waals surface area (Å²) in [7, 11) is 0. The summed E-state index contributed by atoms with van der Waals surface area (Å²) in [5.74, 6) is 2.80. The number of anilines is 1. The van der Waals surface area contributed by atoms with Crippen LogP contribution in [-0.2, 0) is 0 Å². The second-order valence-corrected chi connectivity index (χ2v) is 5.95. The van der Waals surface area contributed by atoms with E-state index in [1.54, 1.807) is 0 Å². The third-order valence-electron chi connectivity index (χ3n) is 4.22. The van der Waals surface area contributed by atoms with Crippen LogP contribution in [0.5, 0.6) is 11.5 Å². The summed E-state index contributed by atoms with van der Waals surface area (Å²) < 4.78 is 11.2. The highest BCUT2D eigenvalue weighted by atomic mass is 16.6. The fraction of sp³-hybridized carbons (Fsp3) is 0.625. The number of hydrogen-bond acceptors (Lipinski definition) is 4. The van der Waals surface area contributed by atoms with Gasteiger partial charge in [0, 0.05) is 31.5 Å². The molecule has 1 saturated heterocycles. The van der Waals surface area contributed by atoms with Crippen LogP contribution in [0.2, 0.25) is 0 Å². The second-order valence-electron chi connectivity index (χ2n) is 5.95. The van der Waals surface area contributed by atoms with E-state index in [1.807, 2.05) is 6.07 Å². The monoisotopic (exact) mass is 277 g/mol. The third kappa shape index (κ3) is 2.85. The van der Waals surface area contributed by atoms with Gasteiger partial charge >= 0.3 is 0 Å². The van der Waals surface area contributed by atoms with Gasteiger partial charge < -0.3 is 19.5 Å². The van der Waals surface area contributed by atoms with E-state index in [4.69, 9.17) is 14.6 Å². The van der Waals surface area contributed by atoms with Gasteiger partial charge in [0.2, 0.25) is 0 Å². The minimum absolute atomic E-state index is 0.292. The molecular formula is C16H23NO3. The van der Waals surface area contributed by atoms with Crippen LogP contribution in [0.15, 0.2) is 18.2 Å². The summed E-state index contributed by atoms with van der Waals surface area (Å²) in [5, 5.41) is 9.17. The number of benzene rings is 1. The van der Waals surface area contributed by atoms with Gasteiger partial charge in [0.25, 0.3) is 0 Å². The molecule has 110 valence electrons. The van der Waals surface area contributed by atoms with Gasteiger partial charge in [0.05, 0.1) is 0 Å². The summed E-state index contributed by atoms with van der Waals surface area (Å²) >= 11 is 0. The summed E-state index contributed by atoms with van der Waals surface area (Å²) in [4.78, 5) is 2.41. The van der Waals surface area contributed by atoms with Crippen LogP contribution in [0.25, 0.3) is 0 Å². The fourth-order valence-corrected chi connectivity index (χ4v) is 3.13. The molecule has 1 aromatic rings. The molecule has 2 aliphatic heterocycles. The van der Waals surface area contributed by atoms with E-state index >= 15 is 0 Å². The Morgan fingerprint density at radius 2 is 2.10 bits per heavy atom. The highest BCUT2D eigenvalue weighted by Gasteiger charge is 2.25. The Labute approximate surface area is 120 Å². The van der Waals surface area contributed by atoms with Crippen LogP contribution in [0, 0.1) is 11.8 Å². The van der Waals surface area contributed by atoms with Crippen LogP contribution in [-0.4, -0.2) is 38.0 Å². The van der Waals surface area contributed by atoms with E-state index < -0.39 is 0 Å². The zero-order valence-corrected chi connectivity index (χ0v) is 12.0. The number of aliphatic hydroxyl groups is 1. The molecule has 2 heterocycles. The first-order valence-corrected chi connectivity index (χ1v) is 7.51. The summed E-state index contributed by atoms with van der Waals surface area (Å²) in [6.07, 6.45) is 2.32. The zero-order chi connectivity index (χ0) is 13.9. The van der Waals surface area contributed by atoms with Crippen molar-refractivity contribution in [3.63, 3.8) is 0 Å². The van der Waals surface area contributed by atoms with E-state index in [0.717, 1.165) is 31.0 Å². The van der Waals surface area contributed by atoms with E-state index in [0.29, 0.717) is 31.7 Å². The molecule has 0 saturated carbocycles. The molecule has 0 bridgehead atoms. The van der Waals surface area contributed by atoms with Gasteiger partial charge in [0.1, 0.15) is 13.2 Å². The summed E-state index contributed by atoms with van der Waals surface area (Å²) in [6, 6.07) is 6.21. The molecule has 2 atom stereocenters. The largest absolute Gasteiger partial charge is 0.486 e. The SMILES string of the molecule is CC(CO)CC1CCN(c2ccc3c(c2)OCCO3)C1. The number of rotatable bonds is 4. The Morgan fingerprint density at radius 1 is 1.30 bits per heavy atom. The van der Waals surface area contributed by atoms with Crippen molar-refractivity contribution in [1.82, 2.24) is 0 Å². The molecule has 1 N–H and O–H groups in total. The molecule has 3 rings (SSSR count). The molecular weight excluding hydrogens is 254 g/mol. The van der Waals surface area contributed by atoms with Crippen molar-refractivity contribution >= 4 is 5.69 Å². The first-order valence-electron chi connectivity index (χ1n) is 7.51. The minimum atomic E-state index is 0.292. The summed E-state index contributed by atoms with van der Waals surface area (Å²) in [6.45, 7) is 5.84. The van der Waals surface area contributed by atoms with Crippen LogP contribution < -0.4 is 14.4 Å². The Morgan fingerprint density at radius 3 is 2.90 bits per heavy atom. The maximum Gasteiger partial charge on any atom is 0.163 e. The smallest absolute Gasteiger partial charge is 0.163 e. The first kappa shape index (κ1) is 13.6. The molecule has 20 heavy (non-hydrogen) atoms. The molecule has 0 amide bonds. The molecule has 0 aromatic heterocycles. The topological polar surface area (TPSA) is 41.9 Å². The highest BCUT2D eigenvalue weighted by molar-refractivity contribution is 5.57. The van der Waals surface area contributed by atoms with Crippen molar-refractivity contribution in [2.24, 2.45) is 11.8 Å². The molecule has 4 nitrogen and oxygen atoms in total. The Kier molecular flexibility index (Phi) is 4.01. The van der Waals surface area contributed by atoms with Crippen LogP contribution in [0.3, 0.4) is 0 Å². The molecule has 0 aliphatic carbocycles. The van der Waals surface area contributed by atoms with Crippen molar-refractivity contribution in [2.45, 2.75) is 19.8 Å². The first-order chi connectivity index (χ1) is 9.76. The van der Waals surface area contributed by atoms with Gasteiger partial charge in [-0.25, -0.2) is 0 Å². The Balaban J connectivity index is 1.65. The number of nitrogens with zero attached hydrogens (tertiary/aromatic N) is 1. The maximum absolute atomic E-state index is 9.17. The van der Waals surface area contributed by atoms with Crippen molar-refractivity contribution in [1.29, 1.82) is 0 Å². The lowest BCUT2D eigenvalue weighted by Crippen LogP contribution is -2.21. The van der Waals surface area contributed by atoms with E-state index in [1.165, 1.54) is 12.1 Å². The average Bonchev–Trinajstić information content (AvgIpc) is 2.95. The van der Waals surface area contributed by atoms with Crippen molar-refractivity contribution in [2.75, 3.05) is 37.8 Å². The summed E-state index contributed by atoms with van der Waals surface area (Å²) in [5.41, 5.74) is 1.22. The second kappa shape index (κ2) is 5.92. The normalized spacial score (nSPS) is 22.9. The lowest BCUT2D eigenvalue weighted by molar-refractivity contribution is 0.171. The predicted octanol–water partition coefficient (Wildman–Crippen LogP) is 2.30. The van der Waals surface area contributed by atoms with Gasteiger partial charge in [-0.2, -0.15) is 0 Å². The molecule has 0 radical (unpaired) electrons. The minimum Gasteiger partial charge on any atom is -0.486 e. The lowest BCUT2D eigenvalue weighted by atomic mass is 9.96. The molecule has 2 aliphatic rings. The number of ether oxygens (including phenoxy) is 2. The van der Waals surface area contributed by atoms with E-state index in [-0.39, 0.29) is 0 Å². The van der Waals surface area contributed by atoms with E-state index in [2.05, 4.69) is 24.0 Å². The Bertz CT molecular complexity index is 463. The number of aliphatic hydroxyl groups excluding tert-OH is 1. The van der Waals surface area contributed by atoms with Gasteiger partial charge in [-0.05, 0) is 36.8 Å². The number of fused-ring (bicyclic) bond motifs is 1. The zero-order valence-electron chi connectivity index (χ0n) is 12.0. The predicted molar refractivity (Wildman–Crippen MR) is 78.6 cm³/mol. The maximum atomic E-state index is 9.17. The Hall–Kier alpha value is -1.42. The molecule has 1 fully saturated rings. The standard InChI is InChI=1S/C16H23NO3/c1-12(11-18)8-13-4-5-17(10-13)14-2-3-15-16(9-14)20-7-6-19-15/h2-3,9,12-13,18H,4-8,10-11H2,1H3. The molecule has 0 spiro atoms. The van der Waals surface area contributed by atoms with Gasteiger partial charge in [-0.15, -0.1) is 0 Å². The van der Waals surface area contributed by atoms with Crippen LogP contribution in [0.1, 0.15) is 19.8 Å². The fourth-order valence-electron chi connectivity index (χ4n) is 3.13. The average molecular weight is 277 g/mol. The van der Waals surface area contributed by atoms with Crippen molar-refractivity contribution in [3.8, 4) is 11.5 Å². The van der Waals surface area contributed by atoms with Crippen molar-refractivity contribution < 1.29 is 14.6 Å². The lowest BCUT2D eigenvalue weighted by Gasteiger charge is -2.23.